The molecule has 0 aromatic heterocycles. The molecule has 1 aromatic rings. The van der Waals surface area contributed by atoms with Gasteiger partial charge in [-0.05, 0) is 47.7 Å². The van der Waals surface area contributed by atoms with E-state index in [4.69, 9.17) is 0 Å². The first kappa shape index (κ1) is 8.80. The van der Waals surface area contributed by atoms with E-state index in [9.17, 15) is 4.79 Å². The van der Waals surface area contributed by atoms with Crippen LogP contribution in [-0.2, 0) is 4.79 Å². The molecule has 1 atom stereocenters. The second-order valence-electron chi connectivity index (χ2n) is 3.05. The molecule has 0 radical (unpaired) electrons. The molecule has 0 spiro atoms. The first-order valence-electron chi connectivity index (χ1n) is 4.04. The van der Waals surface area contributed by atoms with Gasteiger partial charge in [-0.15, -0.1) is 0 Å². The molecule has 0 fully saturated rings. The molecule has 1 aromatic carbocycles. The molecule has 4 heteroatoms. The maximum Gasteiger partial charge on any atom is 0.246 e. The molecule has 2 rings (SSSR count). The minimum atomic E-state index is -0.146. The monoisotopic (exact) mass is 288 g/mol. The highest BCUT2D eigenvalue weighted by atomic mass is 127. The SMILES string of the molecule is CC1Nc2ccc(I)cc2NC1=O. The highest BCUT2D eigenvalue weighted by Gasteiger charge is 2.20. The molecular weight excluding hydrogens is 279 g/mol. The van der Waals surface area contributed by atoms with Crippen LogP contribution in [0.1, 0.15) is 6.92 Å². The lowest BCUT2D eigenvalue weighted by molar-refractivity contribution is -0.116. The molecular formula is C9H9IN2O. The smallest absolute Gasteiger partial charge is 0.246 e. The topological polar surface area (TPSA) is 41.1 Å². The van der Waals surface area contributed by atoms with Crippen molar-refractivity contribution in [2.45, 2.75) is 13.0 Å². The molecule has 0 aliphatic carbocycles. The molecule has 1 unspecified atom stereocenters. The number of nitrogens with one attached hydrogen (secondary N) is 2. The summed E-state index contributed by atoms with van der Waals surface area (Å²) in [5, 5.41) is 5.97. The number of fused-ring (bicyclic) bond motifs is 1. The number of benzene rings is 1. The summed E-state index contributed by atoms with van der Waals surface area (Å²) in [7, 11) is 0. The third-order valence-electron chi connectivity index (χ3n) is 2.00. The average molecular weight is 288 g/mol. The highest BCUT2D eigenvalue weighted by Crippen LogP contribution is 2.27. The Morgan fingerprint density at radius 3 is 2.92 bits per heavy atom. The van der Waals surface area contributed by atoms with Crippen LogP contribution in [0.15, 0.2) is 18.2 Å². The predicted molar refractivity (Wildman–Crippen MR) is 60.9 cm³/mol. The van der Waals surface area contributed by atoms with E-state index in [1.54, 1.807) is 0 Å². The van der Waals surface area contributed by atoms with Gasteiger partial charge in [0.15, 0.2) is 0 Å². The summed E-state index contributed by atoms with van der Waals surface area (Å²) in [5.74, 6) is 0.0227. The van der Waals surface area contributed by atoms with Crippen molar-refractivity contribution in [3.63, 3.8) is 0 Å². The fourth-order valence-electron chi connectivity index (χ4n) is 1.29. The molecule has 13 heavy (non-hydrogen) atoms. The Labute approximate surface area is 90.0 Å². The zero-order chi connectivity index (χ0) is 9.42. The fraction of sp³-hybridized carbons (Fsp3) is 0.222. The minimum absolute atomic E-state index is 0.0227. The summed E-state index contributed by atoms with van der Waals surface area (Å²) in [4.78, 5) is 11.3. The molecule has 1 aliphatic heterocycles. The number of anilines is 2. The van der Waals surface area contributed by atoms with E-state index >= 15 is 0 Å². The third-order valence-corrected chi connectivity index (χ3v) is 2.68. The lowest BCUT2D eigenvalue weighted by atomic mass is 10.1. The van der Waals surface area contributed by atoms with Crippen molar-refractivity contribution in [3.8, 4) is 0 Å². The quantitative estimate of drug-likeness (QED) is 0.717. The van der Waals surface area contributed by atoms with Crippen molar-refractivity contribution >= 4 is 39.9 Å². The summed E-state index contributed by atoms with van der Waals surface area (Å²) in [6.45, 7) is 1.84. The summed E-state index contributed by atoms with van der Waals surface area (Å²) in [5.41, 5.74) is 1.86. The van der Waals surface area contributed by atoms with Gasteiger partial charge in [-0.2, -0.15) is 0 Å². The Hall–Kier alpha value is -0.780. The Kier molecular flexibility index (Phi) is 2.15. The van der Waals surface area contributed by atoms with Gasteiger partial charge in [0, 0.05) is 3.57 Å². The van der Waals surface area contributed by atoms with Crippen LogP contribution in [0.3, 0.4) is 0 Å². The fourth-order valence-corrected chi connectivity index (χ4v) is 1.78. The summed E-state index contributed by atoms with van der Waals surface area (Å²) >= 11 is 2.22. The van der Waals surface area contributed by atoms with Crippen molar-refractivity contribution in [2.24, 2.45) is 0 Å². The number of halogens is 1. The third kappa shape index (κ3) is 1.63. The zero-order valence-corrected chi connectivity index (χ0v) is 9.25. The van der Waals surface area contributed by atoms with E-state index in [2.05, 4.69) is 33.2 Å². The van der Waals surface area contributed by atoms with Crippen LogP contribution in [0, 0.1) is 3.57 Å². The van der Waals surface area contributed by atoms with Gasteiger partial charge in [0.05, 0.1) is 11.4 Å². The number of amides is 1. The van der Waals surface area contributed by atoms with Crippen molar-refractivity contribution in [2.75, 3.05) is 10.6 Å². The van der Waals surface area contributed by atoms with E-state index in [0.717, 1.165) is 14.9 Å². The van der Waals surface area contributed by atoms with E-state index < -0.39 is 0 Å². The highest BCUT2D eigenvalue weighted by molar-refractivity contribution is 14.1. The van der Waals surface area contributed by atoms with Crippen LogP contribution in [-0.4, -0.2) is 11.9 Å². The Balaban J connectivity index is 2.42. The lowest BCUT2D eigenvalue weighted by Crippen LogP contribution is -2.36. The number of hydrogen-bond acceptors (Lipinski definition) is 2. The van der Waals surface area contributed by atoms with Crippen LogP contribution in [0.2, 0.25) is 0 Å². The molecule has 2 N–H and O–H groups in total. The lowest BCUT2D eigenvalue weighted by Gasteiger charge is -2.24. The molecule has 0 saturated carbocycles. The van der Waals surface area contributed by atoms with E-state index in [-0.39, 0.29) is 11.9 Å². The van der Waals surface area contributed by atoms with Gasteiger partial charge < -0.3 is 10.6 Å². The average Bonchev–Trinajstić information content (AvgIpc) is 2.08. The summed E-state index contributed by atoms with van der Waals surface area (Å²) in [6.07, 6.45) is 0. The second kappa shape index (κ2) is 3.17. The second-order valence-corrected chi connectivity index (χ2v) is 4.29. The molecule has 1 heterocycles. The molecule has 0 saturated heterocycles. The van der Waals surface area contributed by atoms with Crippen LogP contribution in [0.5, 0.6) is 0 Å². The van der Waals surface area contributed by atoms with Gasteiger partial charge in [-0.3, -0.25) is 4.79 Å². The Morgan fingerprint density at radius 2 is 2.15 bits per heavy atom. The molecule has 3 nitrogen and oxygen atoms in total. The van der Waals surface area contributed by atoms with Crippen molar-refractivity contribution in [1.29, 1.82) is 0 Å². The van der Waals surface area contributed by atoms with Gasteiger partial charge in [0.2, 0.25) is 5.91 Å². The Bertz CT molecular complexity index is 365. The number of rotatable bonds is 0. The molecule has 1 amide bonds. The standard InChI is InChI=1S/C9H9IN2O/c1-5-9(13)12-8-4-6(10)2-3-7(8)11-5/h2-5,11H,1H3,(H,12,13). The minimum Gasteiger partial charge on any atom is -0.372 e. The van der Waals surface area contributed by atoms with Gasteiger partial charge in [0.1, 0.15) is 6.04 Å². The van der Waals surface area contributed by atoms with E-state index in [0.29, 0.717) is 0 Å². The van der Waals surface area contributed by atoms with Crippen molar-refractivity contribution in [3.05, 3.63) is 21.8 Å². The van der Waals surface area contributed by atoms with Crippen molar-refractivity contribution < 1.29 is 4.79 Å². The van der Waals surface area contributed by atoms with Crippen LogP contribution in [0.25, 0.3) is 0 Å². The number of hydrogen-bond donors (Lipinski definition) is 2. The number of carbonyl (C=O) groups excluding carboxylic acids is 1. The number of carbonyl (C=O) groups is 1. The van der Waals surface area contributed by atoms with Crippen LogP contribution >= 0.6 is 22.6 Å². The normalized spacial score (nSPS) is 20.2. The zero-order valence-electron chi connectivity index (χ0n) is 7.10. The van der Waals surface area contributed by atoms with Crippen LogP contribution < -0.4 is 10.6 Å². The first-order chi connectivity index (χ1) is 6.16. The maximum absolute atomic E-state index is 11.3. The van der Waals surface area contributed by atoms with Gasteiger partial charge in [-0.25, -0.2) is 0 Å². The van der Waals surface area contributed by atoms with Crippen molar-refractivity contribution in [1.82, 2.24) is 0 Å². The van der Waals surface area contributed by atoms with Gasteiger partial charge >= 0.3 is 0 Å². The summed E-state index contributed by atoms with van der Waals surface area (Å²) in [6, 6.07) is 5.80. The van der Waals surface area contributed by atoms with Gasteiger partial charge in [0.25, 0.3) is 0 Å². The molecule has 0 bridgehead atoms. The van der Waals surface area contributed by atoms with Crippen LogP contribution in [0.4, 0.5) is 11.4 Å². The van der Waals surface area contributed by atoms with E-state index in [1.165, 1.54) is 0 Å². The largest absolute Gasteiger partial charge is 0.372 e. The van der Waals surface area contributed by atoms with Gasteiger partial charge in [-0.1, -0.05) is 0 Å². The van der Waals surface area contributed by atoms with E-state index in [1.807, 2.05) is 25.1 Å². The summed E-state index contributed by atoms with van der Waals surface area (Å²) < 4.78 is 1.12. The first-order valence-corrected chi connectivity index (χ1v) is 5.11. The maximum atomic E-state index is 11.3. The Morgan fingerprint density at radius 1 is 1.38 bits per heavy atom. The predicted octanol–water partition coefficient (Wildman–Crippen LogP) is 2.04. The molecule has 68 valence electrons. The molecule has 1 aliphatic rings.